The highest BCUT2D eigenvalue weighted by Gasteiger charge is 2.45. The molecule has 0 saturated carbocycles. The highest BCUT2D eigenvalue weighted by Crippen LogP contribution is 2.46. The number of amides is 2. The van der Waals surface area contributed by atoms with Crippen LogP contribution in [0.4, 0.5) is 18.0 Å². The van der Waals surface area contributed by atoms with Gasteiger partial charge < -0.3 is 14.5 Å². The van der Waals surface area contributed by atoms with Crippen molar-refractivity contribution in [2.75, 3.05) is 59.0 Å². The van der Waals surface area contributed by atoms with Crippen molar-refractivity contribution < 1.29 is 22.7 Å². The second-order valence-electron chi connectivity index (χ2n) is 12.8. The van der Waals surface area contributed by atoms with E-state index in [1.807, 2.05) is 29.2 Å². The number of piperazine rings is 1. The molecule has 0 aliphatic carbocycles. The summed E-state index contributed by atoms with van der Waals surface area (Å²) in [4.78, 5) is 28.3. The van der Waals surface area contributed by atoms with Crippen molar-refractivity contribution in [3.63, 3.8) is 0 Å². The summed E-state index contributed by atoms with van der Waals surface area (Å²) in [5.74, 6) is 0.269. The van der Waals surface area contributed by atoms with E-state index in [1.54, 1.807) is 36.1 Å². The van der Waals surface area contributed by atoms with Gasteiger partial charge in [0, 0.05) is 36.2 Å². The predicted molar refractivity (Wildman–Crippen MR) is 188 cm³/mol. The number of ether oxygens (including phenoxy) is 1. The number of alkyl halides is 3. The third-order valence-corrected chi connectivity index (χ3v) is 10.1. The van der Waals surface area contributed by atoms with Crippen LogP contribution in [-0.4, -0.2) is 90.4 Å². The highest BCUT2D eigenvalue weighted by molar-refractivity contribution is 6.30. The Kier molecular flexibility index (Phi) is 11.4. The molecule has 2 amide bonds. The van der Waals surface area contributed by atoms with Gasteiger partial charge in [0.25, 0.3) is 0 Å². The van der Waals surface area contributed by atoms with Gasteiger partial charge in [-0.3, -0.25) is 14.8 Å². The smallest absolute Gasteiger partial charge is 0.416 e. The van der Waals surface area contributed by atoms with Crippen molar-refractivity contribution in [3.05, 3.63) is 99.0 Å². The van der Waals surface area contributed by atoms with E-state index >= 15 is 0 Å². The number of rotatable bonds is 9. The fourth-order valence-corrected chi connectivity index (χ4v) is 7.28. The van der Waals surface area contributed by atoms with Gasteiger partial charge in [-0.15, -0.1) is 0 Å². The Labute approximate surface area is 296 Å². The number of carbonyl (C=O) groups excluding carboxylic acids is 1. The lowest BCUT2D eigenvalue weighted by molar-refractivity contribution is -0.137. The number of halogens is 5. The van der Waals surface area contributed by atoms with E-state index in [4.69, 9.17) is 32.9 Å². The van der Waals surface area contributed by atoms with Crippen LogP contribution in [0.15, 0.2) is 71.7 Å². The summed E-state index contributed by atoms with van der Waals surface area (Å²) >= 11 is 12.5. The van der Waals surface area contributed by atoms with Crippen LogP contribution in [0.25, 0.3) is 0 Å². The number of carbonyl (C=O) groups is 1. The van der Waals surface area contributed by atoms with Crippen LogP contribution in [0, 0.1) is 0 Å². The van der Waals surface area contributed by atoms with Gasteiger partial charge in [-0.2, -0.15) is 13.2 Å². The third-order valence-electron chi connectivity index (χ3n) is 9.59. The molecule has 3 aliphatic rings. The minimum absolute atomic E-state index is 0.0130. The molecule has 0 spiro atoms. The summed E-state index contributed by atoms with van der Waals surface area (Å²) in [5.41, 5.74) is 1.07. The number of urea groups is 1. The summed E-state index contributed by atoms with van der Waals surface area (Å²) < 4.78 is 47.2. The van der Waals surface area contributed by atoms with Gasteiger partial charge in [0.15, 0.2) is 0 Å². The molecule has 2 saturated heterocycles. The fraction of sp³-hybridized carbons (Fsp3) is 0.459. The Bertz CT molecular complexity index is 1610. The molecule has 0 bridgehead atoms. The lowest BCUT2D eigenvalue weighted by atomic mass is 9.93. The molecule has 3 aromatic carbocycles. The van der Waals surface area contributed by atoms with Crippen LogP contribution in [0.3, 0.4) is 0 Å². The number of hydrogen-bond donors (Lipinski definition) is 0. The molecule has 7 nitrogen and oxygen atoms in total. The largest absolute Gasteiger partial charge is 0.493 e. The Morgan fingerprint density at radius 3 is 2.00 bits per heavy atom. The van der Waals surface area contributed by atoms with Crippen LogP contribution < -0.4 is 4.74 Å². The van der Waals surface area contributed by atoms with Crippen molar-refractivity contribution >= 4 is 35.1 Å². The molecule has 262 valence electrons. The Morgan fingerprint density at radius 1 is 0.816 bits per heavy atom. The van der Waals surface area contributed by atoms with Crippen molar-refractivity contribution in [2.45, 2.75) is 50.9 Å². The minimum atomic E-state index is -4.57. The van der Waals surface area contributed by atoms with Gasteiger partial charge >= 0.3 is 12.2 Å². The molecule has 3 heterocycles. The van der Waals surface area contributed by atoms with Gasteiger partial charge in [0.2, 0.25) is 0 Å². The van der Waals surface area contributed by atoms with E-state index in [2.05, 4.69) is 9.80 Å². The number of likely N-dealkylation sites (tertiary alicyclic amines) is 1. The zero-order valence-corrected chi connectivity index (χ0v) is 29.2. The summed E-state index contributed by atoms with van der Waals surface area (Å²) in [6.07, 6.45) is 0.393. The van der Waals surface area contributed by atoms with Crippen molar-refractivity contribution in [1.82, 2.24) is 19.6 Å². The number of piperidine rings is 1. The van der Waals surface area contributed by atoms with Gasteiger partial charge in [-0.1, -0.05) is 53.9 Å². The third kappa shape index (κ3) is 8.36. The van der Waals surface area contributed by atoms with Crippen LogP contribution in [-0.2, 0) is 6.18 Å². The topological polar surface area (TPSA) is 51.6 Å². The number of nitrogens with zero attached hydrogens (tertiary/aromatic N) is 5. The molecule has 12 heteroatoms. The monoisotopic (exact) mass is 715 g/mol. The lowest BCUT2D eigenvalue weighted by Gasteiger charge is -2.39. The Morgan fingerprint density at radius 2 is 1.41 bits per heavy atom. The second-order valence-corrected chi connectivity index (χ2v) is 13.7. The summed E-state index contributed by atoms with van der Waals surface area (Å²) in [6, 6.07) is 16.4. The first-order chi connectivity index (χ1) is 23.6. The molecule has 3 aromatic rings. The first-order valence-corrected chi connectivity index (χ1v) is 17.8. The van der Waals surface area contributed by atoms with E-state index < -0.39 is 23.8 Å². The van der Waals surface area contributed by atoms with Crippen LogP contribution in [0.5, 0.6) is 5.75 Å². The highest BCUT2D eigenvalue weighted by atomic mass is 35.5. The van der Waals surface area contributed by atoms with E-state index in [0.717, 1.165) is 55.9 Å². The fourth-order valence-electron chi connectivity index (χ4n) is 7.03. The second kappa shape index (κ2) is 15.7. The predicted octanol–water partition coefficient (Wildman–Crippen LogP) is 8.57. The van der Waals surface area contributed by atoms with Gasteiger partial charge in [0.1, 0.15) is 17.6 Å². The van der Waals surface area contributed by atoms with E-state index in [-0.39, 0.29) is 24.2 Å². The van der Waals surface area contributed by atoms with Gasteiger partial charge in [0.05, 0.1) is 23.8 Å². The molecule has 2 unspecified atom stereocenters. The standard InChI is InChI=1S/C37H42Cl2F3N5O2/c1-2-49-32-25-28(37(40,41)42)11-16-31(32)35-43-33(26-7-12-29(38)13-8-26)34(27-9-14-30(39)15-10-27)47(35)36(48)46-23-21-45(22-24-46)20-6-19-44-17-4-3-5-18-44/h7-16,25,33-34H,2-6,17-24H2,1H3. The number of hydrogen-bond acceptors (Lipinski definition) is 5. The number of amidine groups is 1. The maximum absolute atomic E-state index is 14.8. The molecule has 2 fully saturated rings. The number of aliphatic imine (C=N–C) groups is 1. The van der Waals surface area contributed by atoms with E-state index in [9.17, 15) is 18.0 Å². The molecule has 6 rings (SSSR count). The molecule has 2 atom stereocenters. The van der Waals surface area contributed by atoms with Crippen LogP contribution in [0.2, 0.25) is 10.0 Å². The average molecular weight is 717 g/mol. The van der Waals surface area contributed by atoms with E-state index in [1.165, 1.54) is 38.4 Å². The molecular weight excluding hydrogens is 674 g/mol. The van der Waals surface area contributed by atoms with Gasteiger partial charge in [-0.25, -0.2) is 4.79 Å². The molecule has 0 aromatic heterocycles. The maximum Gasteiger partial charge on any atom is 0.416 e. The van der Waals surface area contributed by atoms with Crippen molar-refractivity contribution in [3.8, 4) is 5.75 Å². The number of benzene rings is 3. The van der Waals surface area contributed by atoms with Crippen molar-refractivity contribution in [2.24, 2.45) is 4.99 Å². The molecular formula is C37H42Cl2F3N5O2. The average Bonchev–Trinajstić information content (AvgIpc) is 3.49. The molecule has 3 aliphatic heterocycles. The lowest BCUT2D eigenvalue weighted by Crippen LogP contribution is -2.54. The van der Waals surface area contributed by atoms with E-state index in [0.29, 0.717) is 28.7 Å². The van der Waals surface area contributed by atoms with Gasteiger partial charge in [-0.05, 0) is 106 Å². The summed E-state index contributed by atoms with van der Waals surface area (Å²) in [6.45, 7) is 8.80. The Balaban J connectivity index is 1.33. The van der Waals surface area contributed by atoms with Crippen molar-refractivity contribution in [1.29, 1.82) is 0 Å². The molecule has 0 radical (unpaired) electrons. The van der Waals surface area contributed by atoms with Crippen LogP contribution >= 0.6 is 23.2 Å². The normalized spacial score (nSPS) is 20.8. The zero-order valence-electron chi connectivity index (χ0n) is 27.6. The van der Waals surface area contributed by atoms with Crippen LogP contribution in [0.1, 0.15) is 66.9 Å². The quantitative estimate of drug-likeness (QED) is 0.223. The minimum Gasteiger partial charge on any atom is -0.493 e. The molecule has 0 N–H and O–H groups in total. The SMILES string of the molecule is CCOc1cc(C(F)(F)F)ccc1C1=NC(c2ccc(Cl)cc2)C(c2ccc(Cl)cc2)N1C(=O)N1CCN(CCCN2CCCCC2)CC1. The maximum atomic E-state index is 14.8. The summed E-state index contributed by atoms with van der Waals surface area (Å²) in [5, 5.41) is 1.10. The first-order valence-electron chi connectivity index (χ1n) is 17.1. The Hall–Kier alpha value is -3.31. The summed E-state index contributed by atoms with van der Waals surface area (Å²) in [7, 11) is 0. The molecule has 49 heavy (non-hydrogen) atoms. The first kappa shape index (κ1) is 35.5. The zero-order chi connectivity index (χ0) is 34.5.